The van der Waals surface area contributed by atoms with E-state index in [1.165, 1.54) is 16.9 Å². The van der Waals surface area contributed by atoms with Crippen molar-refractivity contribution < 1.29 is 8.42 Å². The first-order valence-corrected chi connectivity index (χ1v) is 9.04. The molecule has 0 bridgehead atoms. The topological polar surface area (TPSA) is 79.3 Å². The molecule has 2 aromatic heterocycles. The van der Waals surface area contributed by atoms with Crippen LogP contribution in [0.1, 0.15) is 12.8 Å². The number of fused-ring (bicyclic) bond motifs is 1. The van der Waals surface area contributed by atoms with E-state index in [-0.39, 0.29) is 6.04 Å². The second kappa shape index (κ2) is 5.77. The third-order valence-corrected chi connectivity index (χ3v) is 5.50. The Morgan fingerprint density at radius 3 is 2.95 bits per heavy atom. The molecule has 0 spiro atoms. The van der Waals surface area contributed by atoms with E-state index < -0.39 is 10.0 Å². The van der Waals surface area contributed by atoms with Crippen LogP contribution in [0.15, 0.2) is 24.8 Å². The van der Waals surface area contributed by atoms with Crippen molar-refractivity contribution >= 4 is 26.7 Å². The lowest BCUT2D eigenvalue weighted by atomic mass is 10.1. The Bertz CT molecular complexity index is 774. The highest BCUT2D eigenvalue weighted by Crippen LogP contribution is 2.26. The molecule has 1 aliphatic heterocycles. The summed E-state index contributed by atoms with van der Waals surface area (Å²) < 4.78 is 25.0. The number of aromatic nitrogens is 3. The number of anilines is 1. The summed E-state index contributed by atoms with van der Waals surface area (Å²) in [4.78, 5) is 14.8. The monoisotopic (exact) mass is 321 g/mol. The summed E-state index contributed by atoms with van der Waals surface area (Å²) in [6.07, 6.45) is 8.01. The molecule has 0 aromatic carbocycles. The van der Waals surface area contributed by atoms with Gasteiger partial charge in [0.05, 0.1) is 18.0 Å². The maximum Gasteiger partial charge on any atom is 0.211 e. The van der Waals surface area contributed by atoms with Crippen molar-refractivity contribution in [1.29, 1.82) is 0 Å². The molecule has 0 amide bonds. The second-order valence-corrected chi connectivity index (χ2v) is 7.65. The van der Waals surface area contributed by atoms with E-state index >= 15 is 0 Å². The van der Waals surface area contributed by atoms with Gasteiger partial charge in [-0.05, 0) is 18.9 Å². The van der Waals surface area contributed by atoms with Crippen molar-refractivity contribution in [2.24, 2.45) is 0 Å². The van der Waals surface area contributed by atoms with E-state index in [0.29, 0.717) is 6.54 Å². The van der Waals surface area contributed by atoms with Crippen molar-refractivity contribution in [1.82, 2.24) is 19.3 Å². The van der Waals surface area contributed by atoms with Gasteiger partial charge in [0.1, 0.15) is 12.1 Å². The van der Waals surface area contributed by atoms with Crippen LogP contribution in [0.2, 0.25) is 0 Å². The Kier molecular flexibility index (Phi) is 3.96. The Balaban J connectivity index is 1.91. The van der Waals surface area contributed by atoms with Crippen molar-refractivity contribution in [2.75, 3.05) is 31.3 Å². The van der Waals surface area contributed by atoms with E-state index in [0.717, 1.165) is 36.1 Å². The lowest BCUT2D eigenvalue weighted by Gasteiger charge is -2.37. The molecule has 3 rings (SSSR count). The van der Waals surface area contributed by atoms with Gasteiger partial charge >= 0.3 is 0 Å². The van der Waals surface area contributed by atoms with Crippen LogP contribution in [-0.4, -0.2) is 60.1 Å². The maximum atomic E-state index is 11.8. The number of sulfonamides is 1. The molecule has 0 aliphatic carbocycles. The molecule has 22 heavy (non-hydrogen) atoms. The lowest BCUT2D eigenvalue weighted by molar-refractivity contribution is 0.321. The molecule has 7 nitrogen and oxygen atoms in total. The normalized spacial score (nSPS) is 19.8. The quantitative estimate of drug-likeness (QED) is 0.835. The summed E-state index contributed by atoms with van der Waals surface area (Å²) >= 11 is 0. The molecule has 1 fully saturated rings. The first kappa shape index (κ1) is 15.1. The largest absolute Gasteiger partial charge is 0.354 e. The van der Waals surface area contributed by atoms with Crippen LogP contribution < -0.4 is 4.90 Å². The van der Waals surface area contributed by atoms with Gasteiger partial charge in [0.25, 0.3) is 0 Å². The summed E-state index contributed by atoms with van der Waals surface area (Å²) in [5.41, 5.74) is 0.797. The third-order valence-electron chi connectivity index (χ3n) is 4.15. The van der Waals surface area contributed by atoms with Gasteiger partial charge in [-0.3, -0.25) is 4.98 Å². The van der Waals surface area contributed by atoms with Gasteiger partial charge in [0.2, 0.25) is 10.0 Å². The fraction of sp³-hybridized carbons (Fsp3) is 0.500. The number of nitrogens with zero attached hydrogens (tertiary/aromatic N) is 5. The molecule has 1 atom stereocenters. The predicted molar refractivity (Wildman–Crippen MR) is 85.2 cm³/mol. The minimum Gasteiger partial charge on any atom is -0.354 e. The SMILES string of the molecule is CN(C1CCCN(c2ncnc3cnccc23)C1)S(C)(=O)=O. The van der Waals surface area contributed by atoms with Gasteiger partial charge in [-0.1, -0.05) is 0 Å². The van der Waals surface area contributed by atoms with Crippen LogP contribution >= 0.6 is 0 Å². The van der Waals surface area contributed by atoms with E-state index in [1.807, 2.05) is 6.07 Å². The highest BCUT2D eigenvalue weighted by Gasteiger charge is 2.29. The predicted octanol–water partition coefficient (Wildman–Crippen LogP) is 0.885. The van der Waals surface area contributed by atoms with Crippen LogP contribution in [0.4, 0.5) is 5.82 Å². The first-order chi connectivity index (χ1) is 10.5. The van der Waals surface area contributed by atoms with Gasteiger partial charge in [0.15, 0.2) is 0 Å². The molecule has 1 aliphatic rings. The van der Waals surface area contributed by atoms with Crippen LogP contribution in [0.5, 0.6) is 0 Å². The Morgan fingerprint density at radius 2 is 2.18 bits per heavy atom. The zero-order valence-corrected chi connectivity index (χ0v) is 13.5. The minimum absolute atomic E-state index is 0.0318. The van der Waals surface area contributed by atoms with Crippen molar-refractivity contribution in [2.45, 2.75) is 18.9 Å². The van der Waals surface area contributed by atoms with Crippen LogP contribution in [-0.2, 0) is 10.0 Å². The van der Waals surface area contributed by atoms with E-state index in [9.17, 15) is 8.42 Å². The molecule has 8 heteroatoms. The average molecular weight is 321 g/mol. The van der Waals surface area contributed by atoms with E-state index in [1.54, 1.807) is 19.4 Å². The molecule has 0 N–H and O–H groups in total. The molecule has 0 radical (unpaired) electrons. The van der Waals surface area contributed by atoms with Crippen molar-refractivity contribution in [3.05, 3.63) is 24.8 Å². The zero-order chi connectivity index (χ0) is 15.7. The average Bonchev–Trinajstić information content (AvgIpc) is 2.53. The molecule has 3 heterocycles. The number of likely N-dealkylation sites (N-methyl/N-ethyl adjacent to an activating group) is 1. The summed E-state index contributed by atoms with van der Waals surface area (Å²) in [5.74, 6) is 0.846. The second-order valence-electron chi connectivity index (χ2n) is 5.61. The number of piperidine rings is 1. The number of rotatable bonds is 3. The fourth-order valence-electron chi connectivity index (χ4n) is 2.86. The van der Waals surface area contributed by atoms with E-state index in [4.69, 9.17) is 0 Å². The lowest BCUT2D eigenvalue weighted by Crippen LogP contribution is -2.48. The standard InChI is InChI=1S/C14H19N5O2S/c1-18(22(2,20)21)11-4-3-7-19(9-11)14-12-5-6-15-8-13(12)16-10-17-14/h5-6,8,10-11H,3-4,7,9H2,1-2H3. The molecule has 1 saturated heterocycles. The van der Waals surface area contributed by atoms with Gasteiger partial charge in [-0.15, -0.1) is 0 Å². The number of pyridine rings is 1. The van der Waals surface area contributed by atoms with Gasteiger partial charge in [-0.25, -0.2) is 22.7 Å². The highest BCUT2D eigenvalue weighted by molar-refractivity contribution is 7.88. The summed E-state index contributed by atoms with van der Waals surface area (Å²) in [5, 5.41) is 0.945. The number of hydrogen-bond donors (Lipinski definition) is 0. The molecule has 2 aromatic rings. The Morgan fingerprint density at radius 1 is 1.36 bits per heavy atom. The van der Waals surface area contributed by atoms with Gasteiger partial charge < -0.3 is 4.90 Å². The van der Waals surface area contributed by atoms with Crippen molar-refractivity contribution in [3.63, 3.8) is 0 Å². The summed E-state index contributed by atoms with van der Waals surface area (Å²) in [6, 6.07) is 1.87. The Labute approximate surface area is 130 Å². The molecule has 118 valence electrons. The van der Waals surface area contributed by atoms with Crippen LogP contribution in [0.25, 0.3) is 10.9 Å². The zero-order valence-electron chi connectivity index (χ0n) is 12.7. The smallest absolute Gasteiger partial charge is 0.211 e. The highest BCUT2D eigenvalue weighted by atomic mass is 32.2. The molecule has 0 saturated carbocycles. The molecular formula is C14H19N5O2S. The van der Waals surface area contributed by atoms with Gasteiger partial charge in [-0.2, -0.15) is 0 Å². The molecule has 1 unspecified atom stereocenters. The van der Waals surface area contributed by atoms with Crippen molar-refractivity contribution in [3.8, 4) is 0 Å². The van der Waals surface area contributed by atoms with Gasteiger partial charge in [0, 0.05) is 37.8 Å². The third kappa shape index (κ3) is 2.89. The number of hydrogen-bond acceptors (Lipinski definition) is 6. The Hall–Kier alpha value is -1.80. The molecular weight excluding hydrogens is 302 g/mol. The maximum absolute atomic E-state index is 11.8. The minimum atomic E-state index is -3.19. The first-order valence-electron chi connectivity index (χ1n) is 7.19. The van der Waals surface area contributed by atoms with E-state index in [2.05, 4.69) is 19.9 Å². The van der Waals surface area contributed by atoms with Crippen LogP contribution in [0.3, 0.4) is 0 Å². The van der Waals surface area contributed by atoms with Crippen LogP contribution in [0, 0.1) is 0 Å². The summed E-state index contributed by atoms with van der Waals surface area (Å²) in [7, 11) is -1.54. The summed E-state index contributed by atoms with van der Waals surface area (Å²) in [6.45, 7) is 1.50. The fourth-order valence-corrected chi connectivity index (χ4v) is 3.57.